The lowest BCUT2D eigenvalue weighted by Gasteiger charge is -2.19. The summed E-state index contributed by atoms with van der Waals surface area (Å²) in [5, 5.41) is 43.7. The van der Waals surface area contributed by atoms with Crippen LogP contribution in [0.5, 0.6) is 23.0 Å². The highest BCUT2D eigenvalue weighted by Gasteiger charge is 2.39. The zero-order chi connectivity index (χ0) is 59.7. The molecule has 0 atom stereocenters. The lowest BCUT2D eigenvalue weighted by molar-refractivity contribution is -0.193. The number of primary amides is 2. The number of pyridine rings is 2. The highest BCUT2D eigenvalue weighted by Crippen LogP contribution is 2.40. The average Bonchev–Trinajstić information content (AvgIpc) is 3.45. The monoisotopic (exact) mass is 1130 g/mol. The Labute approximate surface area is 453 Å². The molecule has 6 rings (SSSR count). The average molecular weight is 1130 g/mol. The molecule has 6 aromatic rings. The molecular weight excluding hydrogens is 1070 g/mol. The van der Waals surface area contributed by atoms with Crippen LogP contribution in [0.15, 0.2) is 79.1 Å². The van der Waals surface area contributed by atoms with Crippen LogP contribution >= 0.6 is 0 Å². The maximum absolute atomic E-state index is 12.2. The standard InChI is InChI=1S/C25H30N4O5.C24H26N4O4.2C2HF3O2/c1-4-16-8-5-6-9-19(16)29-24-17-12-22(34-11-7-10-27-15-23(30)33-3)21(32-2)13-20(17)28-14-18(24)25(26)31;1-3-16-15(14-29)7-6-8-19(16)28-23-17-11-21(31-2)22(32-10-5-4-9-25)12-20(17)27-13-18(23)24(26)30;2*3-2(4,5)1(6)7/h5-6,8-9,12-14,27H,4,7,10-11,15H2,1-3H3,(H2,26,31)(H,28,29);6-8,11-13,29H,3-5,10,14H2,1-2H3,(H2,26,30)(H,27,28);2*(H,6,7). The summed E-state index contributed by atoms with van der Waals surface area (Å²) in [6.45, 7) is 5.47. The second kappa shape index (κ2) is 31.3. The van der Waals surface area contributed by atoms with Gasteiger partial charge in [-0.25, -0.2) is 9.59 Å². The predicted molar refractivity (Wildman–Crippen MR) is 280 cm³/mol. The molecule has 0 fully saturated rings. The summed E-state index contributed by atoms with van der Waals surface area (Å²) in [4.78, 5) is 62.2. The number of aliphatic carboxylic acids is 2. The quantitative estimate of drug-likeness (QED) is 0.0180. The molecule has 80 heavy (non-hydrogen) atoms. The number of carboxylic acids is 2. The number of ether oxygens (including phenoxy) is 5. The Morgan fingerprint density at radius 1 is 0.662 bits per heavy atom. The molecule has 0 radical (unpaired) electrons. The van der Waals surface area contributed by atoms with E-state index in [2.05, 4.69) is 43.6 Å². The van der Waals surface area contributed by atoms with E-state index in [1.54, 1.807) is 31.4 Å². The number of rotatable bonds is 22. The number of benzene rings is 4. The molecule has 0 aliphatic rings. The first-order valence-corrected chi connectivity index (χ1v) is 23.9. The Morgan fingerprint density at radius 3 is 1.60 bits per heavy atom. The molecule has 0 saturated carbocycles. The van der Waals surface area contributed by atoms with Gasteiger partial charge in [0.25, 0.3) is 11.8 Å². The maximum atomic E-state index is 12.2. The summed E-state index contributed by atoms with van der Waals surface area (Å²) in [7, 11) is 4.43. The van der Waals surface area contributed by atoms with Gasteiger partial charge in [-0.1, -0.05) is 44.2 Å². The summed E-state index contributed by atoms with van der Waals surface area (Å²) in [5.41, 5.74) is 18.6. The number of hydrogen-bond donors (Lipinski definition) is 8. The van der Waals surface area contributed by atoms with Crippen molar-refractivity contribution in [3.05, 3.63) is 107 Å². The number of nitrogens with one attached hydrogen (secondary N) is 3. The number of nitriles is 1. The summed E-state index contributed by atoms with van der Waals surface area (Å²) < 4.78 is 90.8. The van der Waals surface area contributed by atoms with Crippen LogP contribution in [0.25, 0.3) is 21.8 Å². The van der Waals surface area contributed by atoms with Gasteiger partial charge in [0.2, 0.25) is 0 Å². The number of aliphatic hydroxyl groups excluding tert-OH is 1. The number of aryl methyl sites for hydroxylation is 1. The number of aromatic nitrogens is 2. The number of alkyl halides is 6. The number of nitrogens with two attached hydrogens (primary N) is 2. The SMILES string of the molecule is CCc1c(CO)cccc1Nc1c(C(N)=O)cnc2cc(OCCCC#N)c(OC)cc12.CCc1ccccc1Nc1c(C(N)=O)cnc2cc(OC)c(OCCCNCC(=O)OC)cc12.O=C(O)C(F)(F)F.O=C(O)C(F)(F)F. The zero-order valence-corrected chi connectivity index (χ0v) is 43.8. The fourth-order valence-electron chi connectivity index (χ4n) is 7.10. The number of carboxylic acid groups (broad SMARTS) is 2. The van der Waals surface area contributed by atoms with Crippen LogP contribution < -0.4 is 46.4 Å². The van der Waals surface area contributed by atoms with Crippen LogP contribution in [-0.4, -0.2) is 115 Å². The Hall–Kier alpha value is -9.16. The van der Waals surface area contributed by atoms with Crippen LogP contribution in [0, 0.1) is 11.3 Å². The van der Waals surface area contributed by atoms with E-state index in [0.717, 1.165) is 34.5 Å². The topological polar surface area (TPSA) is 330 Å². The summed E-state index contributed by atoms with van der Waals surface area (Å²) in [6.07, 6.45) is -4.10. The molecule has 0 saturated heterocycles. The lowest BCUT2D eigenvalue weighted by Crippen LogP contribution is -2.25. The van der Waals surface area contributed by atoms with Gasteiger partial charge in [-0.2, -0.15) is 31.6 Å². The van der Waals surface area contributed by atoms with E-state index < -0.39 is 36.1 Å². The van der Waals surface area contributed by atoms with E-state index >= 15 is 0 Å². The van der Waals surface area contributed by atoms with Gasteiger partial charge in [0.1, 0.15) is 0 Å². The third kappa shape index (κ3) is 19.1. The molecule has 2 heterocycles. The van der Waals surface area contributed by atoms with Crippen LogP contribution in [0.4, 0.5) is 49.1 Å². The molecule has 0 aliphatic carbocycles. The Balaban J connectivity index is 0.000000339. The first kappa shape index (κ1) is 65.1. The third-order valence-corrected chi connectivity index (χ3v) is 11.0. The number of fused-ring (bicyclic) bond motifs is 2. The van der Waals surface area contributed by atoms with E-state index in [1.165, 1.54) is 26.6 Å². The number of esters is 1. The summed E-state index contributed by atoms with van der Waals surface area (Å²) >= 11 is 0. The minimum absolute atomic E-state index is 0.0845. The van der Waals surface area contributed by atoms with Crippen molar-refractivity contribution in [2.75, 3.05) is 58.3 Å². The van der Waals surface area contributed by atoms with Crippen LogP contribution in [0.2, 0.25) is 0 Å². The number of methoxy groups -OCH3 is 3. The molecule has 0 unspecified atom stereocenters. The molecule has 4 aromatic carbocycles. The molecule has 0 spiro atoms. The highest BCUT2D eigenvalue weighted by molar-refractivity contribution is 6.09. The van der Waals surface area contributed by atoms with E-state index in [0.29, 0.717) is 102 Å². The molecule has 2 aromatic heterocycles. The molecule has 0 aliphatic heterocycles. The van der Waals surface area contributed by atoms with Crippen molar-refractivity contribution in [1.82, 2.24) is 15.3 Å². The number of anilines is 4. The van der Waals surface area contributed by atoms with Gasteiger partial charge in [0.05, 0.1) is 87.3 Å². The normalized spacial score (nSPS) is 10.7. The molecular formula is C53H58F6N8O13. The summed E-state index contributed by atoms with van der Waals surface area (Å²) in [5.74, 6) is -5.03. The van der Waals surface area contributed by atoms with Gasteiger partial charge in [0.15, 0.2) is 23.0 Å². The largest absolute Gasteiger partial charge is 0.493 e. The van der Waals surface area contributed by atoms with E-state index in [4.69, 9.17) is 55.5 Å². The van der Waals surface area contributed by atoms with Crippen LogP contribution in [0.3, 0.4) is 0 Å². The molecule has 10 N–H and O–H groups in total. The van der Waals surface area contributed by atoms with Gasteiger partial charge in [-0.15, -0.1) is 0 Å². The van der Waals surface area contributed by atoms with Crippen molar-refractivity contribution in [3.8, 4) is 29.1 Å². The number of carbonyl (C=O) groups is 5. The van der Waals surface area contributed by atoms with Crippen LogP contribution in [0.1, 0.15) is 70.5 Å². The number of nitrogens with zero attached hydrogens (tertiary/aromatic N) is 3. The van der Waals surface area contributed by atoms with E-state index in [9.17, 15) is 45.8 Å². The fraction of sp³-hybridized carbons (Fsp3) is 0.321. The molecule has 430 valence electrons. The third-order valence-electron chi connectivity index (χ3n) is 11.0. The summed E-state index contributed by atoms with van der Waals surface area (Å²) in [6, 6.07) is 22.6. The molecule has 27 heteroatoms. The molecule has 2 amide bonds. The van der Waals surface area contributed by atoms with Crippen molar-refractivity contribution in [2.45, 2.75) is 64.9 Å². The van der Waals surface area contributed by atoms with Gasteiger partial charge >= 0.3 is 30.3 Å². The molecule has 21 nitrogen and oxygen atoms in total. The van der Waals surface area contributed by atoms with Crippen molar-refractivity contribution in [2.24, 2.45) is 11.5 Å². The maximum Gasteiger partial charge on any atom is 0.490 e. The molecule has 0 bridgehead atoms. The number of carbonyl (C=O) groups excluding carboxylic acids is 3. The Kier molecular flexibility index (Phi) is 25.5. The first-order valence-electron chi connectivity index (χ1n) is 23.9. The smallest absolute Gasteiger partial charge is 0.490 e. The minimum atomic E-state index is -5.08. The minimum Gasteiger partial charge on any atom is -0.493 e. The predicted octanol–water partition coefficient (Wildman–Crippen LogP) is 8.27. The fourth-order valence-corrected chi connectivity index (χ4v) is 7.10. The number of halogens is 6. The van der Waals surface area contributed by atoms with Crippen molar-refractivity contribution < 1.29 is 89.3 Å². The zero-order valence-electron chi connectivity index (χ0n) is 43.8. The van der Waals surface area contributed by atoms with Crippen molar-refractivity contribution in [1.29, 1.82) is 5.26 Å². The first-order chi connectivity index (χ1) is 37.9. The number of unbranched alkanes of at least 4 members (excludes halogenated alkanes) is 1. The number of aliphatic hydroxyl groups is 1. The second-order valence-corrected chi connectivity index (χ2v) is 16.2. The second-order valence-electron chi connectivity index (χ2n) is 16.2. The van der Waals surface area contributed by atoms with Gasteiger partial charge in [-0.3, -0.25) is 24.4 Å². The van der Waals surface area contributed by atoms with E-state index in [1.807, 2.05) is 49.4 Å². The van der Waals surface area contributed by atoms with Crippen LogP contribution in [-0.2, 0) is 38.6 Å². The van der Waals surface area contributed by atoms with Gasteiger partial charge < -0.3 is 66.4 Å². The van der Waals surface area contributed by atoms with E-state index in [-0.39, 0.29) is 30.2 Å². The Morgan fingerprint density at radius 2 is 1.12 bits per heavy atom. The number of para-hydroxylation sites is 1. The number of hydrogen-bond acceptors (Lipinski definition) is 17. The number of amides is 2. The lowest BCUT2D eigenvalue weighted by atomic mass is 10.0. The Bertz CT molecular complexity index is 3130. The van der Waals surface area contributed by atoms with Crippen molar-refractivity contribution in [3.63, 3.8) is 0 Å². The highest BCUT2D eigenvalue weighted by atomic mass is 19.4. The van der Waals surface area contributed by atoms with Crippen molar-refractivity contribution >= 4 is 74.3 Å². The van der Waals surface area contributed by atoms with Gasteiger partial charge in [-0.05, 0) is 73.2 Å². The van der Waals surface area contributed by atoms with Gasteiger partial charge in [0, 0.05) is 53.1 Å².